The zero-order valence-electron chi connectivity index (χ0n) is 20.2. The van der Waals surface area contributed by atoms with Gasteiger partial charge in [0.15, 0.2) is 0 Å². The van der Waals surface area contributed by atoms with Crippen molar-refractivity contribution >= 4 is 33.2 Å². The van der Waals surface area contributed by atoms with Gasteiger partial charge in [-0.1, -0.05) is 24.3 Å². The van der Waals surface area contributed by atoms with Gasteiger partial charge in [-0.3, -0.25) is 0 Å². The Bertz CT molecular complexity index is 1380. The first-order chi connectivity index (χ1) is 17.2. The van der Waals surface area contributed by atoms with Crippen LogP contribution in [0.15, 0.2) is 42.6 Å². The minimum Gasteiger partial charge on any atom is -0.493 e. The van der Waals surface area contributed by atoms with Crippen molar-refractivity contribution in [1.82, 2.24) is 15.3 Å². The van der Waals surface area contributed by atoms with Gasteiger partial charge in [0, 0.05) is 28.0 Å². The topological polar surface area (TPSA) is 68.3 Å². The van der Waals surface area contributed by atoms with Crippen LogP contribution in [0.5, 0.6) is 11.5 Å². The molecule has 2 aromatic heterocycles. The molecule has 180 valence electrons. The molecule has 1 saturated heterocycles. The first kappa shape index (κ1) is 22.3. The van der Waals surface area contributed by atoms with E-state index in [0.717, 1.165) is 64.6 Å². The van der Waals surface area contributed by atoms with Crippen LogP contribution in [0.2, 0.25) is 0 Å². The molecular formula is C28H30N4O2S. The predicted molar refractivity (Wildman–Crippen MR) is 143 cm³/mol. The summed E-state index contributed by atoms with van der Waals surface area (Å²) >= 11 is 1.72. The molecule has 0 aliphatic carbocycles. The number of hydrogen-bond donors (Lipinski definition) is 2. The Morgan fingerprint density at radius 2 is 2.03 bits per heavy atom. The van der Waals surface area contributed by atoms with Crippen molar-refractivity contribution in [3.05, 3.63) is 58.6 Å². The Balaban J connectivity index is 1.37. The number of nitrogens with zero attached hydrogens (tertiary/aromatic N) is 2. The van der Waals surface area contributed by atoms with Gasteiger partial charge >= 0.3 is 0 Å². The summed E-state index contributed by atoms with van der Waals surface area (Å²) in [5.74, 6) is 3.03. The summed E-state index contributed by atoms with van der Waals surface area (Å²) < 4.78 is 13.1. The van der Waals surface area contributed by atoms with Crippen molar-refractivity contribution in [1.29, 1.82) is 0 Å². The fourth-order valence-electron chi connectivity index (χ4n) is 5.39. The molecule has 2 aliphatic rings. The molecule has 6 rings (SSSR count). The van der Waals surface area contributed by atoms with Gasteiger partial charge in [0.2, 0.25) is 5.95 Å². The number of rotatable bonds is 6. The smallest absolute Gasteiger partial charge is 0.227 e. The number of thiophene rings is 1. The molecule has 0 spiro atoms. The van der Waals surface area contributed by atoms with Crippen molar-refractivity contribution in [3.8, 4) is 22.6 Å². The fourth-order valence-corrected chi connectivity index (χ4v) is 6.38. The lowest BCUT2D eigenvalue weighted by atomic mass is 9.86. The van der Waals surface area contributed by atoms with E-state index in [4.69, 9.17) is 14.5 Å². The minimum atomic E-state index is 0.581. The van der Waals surface area contributed by atoms with E-state index in [-0.39, 0.29) is 0 Å². The third kappa shape index (κ3) is 4.13. The molecule has 0 radical (unpaired) electrons. The third-order valence-electron chi connectivity index (χ3n) is 6.98. The zero-order valence-corrected chi connectivity index (χ0v) is 21.0. The summed E-state index contributed by atoms with van der Waals surface area (Å²) in [6, 6.07) is 12.6. The molecular weight excluding hydrogens is 456 g/mol. The summed E-state index contributed by atoms with van der Waals surface area (Å²) in [6.07, 6.45) is 5.25. The van der Waals surface area contributed by atoms with Gasteiger partial charge in [0.1, 0.15) is 11.5 Å². The Kier molecular flexibility index (Phi) is 6.04. The molecule has 0 atom stereocenters. The maximum Gasteiger partial charge on any atom is 0.227 e. The molecule has 2 aliphatic heterocycles. The van der Waals surface area contributed by atoms with Gasteiger partial charge in [-0.25, -0.2) is 9.97 Å². The second-order valence-corrected chi connectivity index (χ2v) is 10.4. The second kappa shape index (κ2) is 9.47. The van der Waals surface area contributed by atoms with Crippen molar-refractivity contribution in [3.63, 3.8) is 0 Å². The lowest BCUT2D eigenvalue weighted by molar-refractivity contribution is 0.341. The number of aromatic nitrogens is 2. The van der Waals surface area contributed by atoms with E-state index in [9.17, 15) is 0 Å². The average molecular weight is 487 g/mol. The average Bonchev–Trinajstić information content (AvgIpc) is 3.50. The summed E-state index contributed by atoms with van der Waals surface area (Å²) in [4.78, 5) is 10.8. The highest BCUT2D eigenvalue weighted by atomic mass is 32.1. The highest BCUT2D eigenvalue weighted by molar-refractivity contribution is 7.19. The molecule has 1 fully saturated rings. The number of anilines is 2. The van der Waals surface area contributed by atoms with E-state index in [1.165, 1.54) is 28.8 Å². The van der Waals surface area contributed by atoms with Crippen LogP contribution in [0, 0.1) is 6.92 Å². The number of aryl methyl sites for hydroxylation is 1. The van der Waals surface area contributed by atoms with Crippen LogP contribution in [0.3, 0.4) is 0 Å². The Morgan fingerprint density at radius 3 is 2.89 bits per heavy atom. The number of benzene rings is 2. The number of fused-ring (bicyclic) bond motifs is 2. The summed E-state index contributed by atoms with van der Waals surface area (Å²) in [7, 11) is 0. The molecule has 35 heavy (non-hydrogen) atoms. The molecule has 0 saturated carbocycles. The quantitative estimate of drug-likeness (QED) is 0.338. The van der Waals surface area contributed by atoms with Crippen LogP contribution >= 0.6 is 11.3 Å². The normalized spacial score (nSPS) is 15.7. The van der Waals surface area contributed by atoms with Crippen LogP contribution in [-0.2, 0) is 6.42 Å². The van der Waals surface area contributed by atoms with Crippen LogP contribution in [0.1, 0.15) is 41.7 Å². The summed E-state index contributed by atoms with van der Waals surface area (Å²) in [6.45, 7) is 7.67. The number of hydrogen-bond acceptors (Lipinski definition) is 7. The molecule has 7 heteroatoms. The van der Waals surface area contributed by atoms with Gasteiger partial charge in [-0.05, 0) is 63.4 Å². The molecule has 2 N–H and O–H groups in total. The molecule has 6 nitrogen and oxygen atoms in total. The Hall–Kier alpha value is -3.16. The lowest BCUT2D eigenvalue weighted by Crippen LogP contribution is -2.27. The highest BCUT2D eigenvalue weighted by Crippen LogP contribution is 2.43. The lowest BCUT2D eigenvalue weighted by Gasteiger charge is -2.25. The summed E-state index contributed by atoms with van der Waals surface area (Å²) in [5, 5.41) is 6.94. The molecule has 4 heterocycles. The first-order valence-electron chi connectivity index (χ1n) is 12.5. The van der Waals surface area contributed by atoms with E-state index >= 15 is 0 Å². The maximum absolute atomic E-state index is 6.11. The predicted octanol–water partition coefficient (Wildman–Crippen LogP) is 6.21. The monoisotopic (exact) mass is 486 g/mol. The highest BCUT2D eigenvalue weighted by Gasteiger charge is 2.26. The Labute approximate surface area is 209 Å². The zero-order chi connectivity index (χ0) is 23.8. The van der Waals surface area contributed by atoms with Gasteiger partial charge in [-0.15, -0.1) is 11.3 Å². The van der Waals surface area contributed by atoms with Crippen molar-refractivity contribution in [2.75, 3.05) is 31.6 Å². The fraction of sp³-hybridized carbons (Fsp3) is 0.357. The molecule has 0 amide bonds. The van der Waals surface area contributed by atoms with Crippen LogP contribution in [0.25, 0.3) is 21.3 Å². The van der Waals surface area contributed by atoms with Crippen molar-refractivity contribution < 1.29 is 9.47 Å². The van der Waals surface area contributed by atoms with E-state index in [1.54, 1.807) is 11.3 Å². The second-order valence-electron chi connectivity index (χ2n) is 9.13. The summed E-state index contributed by atoms with van der Waals surface area (Å²) in [5.41, 5.74) is 6.87. The van der Waals surface area contributed by atoms with Gasteiger partial charge in [-0.2, -0.15) is 0 Å². The van der Waals surface area contributed by atoms with E-state index in [2.05, 4.69) is 40.7 Å². The van der Waals surface area contributed by atoms with Crippen molar-refractivity contribution in [2.24, 2.45) is 0 Å². The van der Waals surface area contributed by atoms with E-state index < -0.39 is 0 Å². The number of para-hydroxylation sites is 1. The molecule has 0 bridgehead atoms. The first-order valence-corrected chi connectivity index (χ1v) is 13.3. The Morgan fingerprint density at radius 1 is 1.17 bits per heavy atom. The molecule has 4 aromatic rings. The van der Waals surface area contributed by atoms with Gasteiger partial charge in [0.05, 0.1) is 35.3 Å². The molecule has 2 aromatic carbocycles. The number of nitrogens with one attached hydrogen (secondary N) is 2. The van der Waals surface area contributed by atoms with E-state index in [1.807, 2.05) is 31.3 Å². The van der Waals surface area contributed by atoms with Crippen molar-refractivity contribution in [2.45, 2.75) is 39.0 Å². The van der Waals surface area contributed by atoms with Crippen LogP contribution in [-0.4, -0.2) is 36.3 Å². The maximum atomic E-state index is 6.11. The van der Waals surface area contributed by atoms with Gasteiger partial charge in [0.25, 0.3) is 0 Å². The van der Waals surface area contributed by atoms with Crippen LogP contribution < -0.4 is 20.1 Å². The van der Waals surface area contributed by atoms with Crippen LogP contribution in [0.4, 0.5) is 11.6 Å². The van der Waals surface area contributed by atoms with Gasteiger partial charge < -0.3 is 20.1 Å². The third-order valence-corrected chi connectivity index (χ3v) is 8.01. The standard InChI is InChI=1S/C28H30N4O2S/c1-3-33-23-7-5-4-6-21(23)25-17(2)35-24-16-30-28(32-26(24)25)31-22-9-8-19(18-10-13-29-14-11-18)20-12-15-34-27(20)22/h4-9,16,18,29H,3,10-15H2,1-2H3,(H,30,31,32). The number of piperidine rings is 1. The number of ether oxygens (including phenoxy) is 2. The largest absolute Gasteiger partial charge is 0.493 e. The SMILES string of the molecule is CCOc1ccccc1-c1c(C)sc2cnc(Nc3ccc(C4CCNCC4)c4c3OCC4)nc12. The van der Waals surface area contributed by atoms with E-state index in [0.29, 0.717) is 18.5 Å². The molecule has 0 unspecified atom stereocenters. The minimum absolute atomic E-state index is 0.581.